The second kappa shape index (κ2) is 10.0. The van der Waals surface area contributed by atoms with Crippen LogP contribution in [0.3, 0.4) is 0 Å². The van der Waals surface area contributed by atoms with Gasteiger partial charge in [0.05, 0.1) is 6.61 Å². The van der Waals surface area contributed by atoms with Gasteiger partial charge in [-0.3, -0.25) is 0 Å². The zero-order valence-electron chi connectivity index (χ0n) is 19.3. The topological polar surface area (TPSA) is 44.5 Å². The van der Waals surface area contributed by atoms with E-state index in [-0.39, 0.29) is 11.7 Å². The SMILES string of the molecule is CC1CC2CC(C)CC(C(OCCC3CCCCC3)Oc3ccc(CN)cc3)(C1)C2. The van der Waals surface area contributed by atoms with Crippen molar-refractivity contribution in [1.82, 2.24) is 0 Å². The fraction of sp³-hybridized carbons (Fsp3) is 0.778. The molecular formula is C27H43NO2. The number of ether oxygens (including phenoxy) is 2. The van der Waals surface area contributed by atoms with Crippen LogP contribution in [0.1, 0.15) is 90.0 Å². The molecule has 0 amide bonds. The first-order valence-electron chi connectivity index (χ1n) is 12.6. The molecule has 3 fully saturated rings. The van der Waals surface area contributed by atoms with E-state index >= 15 is 0 Å². The summed E-state index contributed by atoms with van der Waals surface area (Å²) in [5.74, 6) is 4.15. The Bertz CT molecular complexity index is 632. The highest BCUT2D eigenvalue weighted by Crippen LogP contribution is 2.55. The van der Waals surface area contributed by atoms with E-state index in [1.165, 1.54) is 70.6 Å². The second-order valence-electron chi connectivity index (χ2n) is 11.0. The molecule has 3 aliphatic rings. The summed E-state index contributed by atoms with van der Waals surface area (Å²) in [5, 5.41) is 0. The molecular weight excluding hydrogens is 370 g/mol. The molecule has 0 aromatic heterocycles. The third kappa shape index (κ3) is 5.40. The van der Waals surface area contributed by atoms with Crippen LogP contribution >= 0.6 is 0 Å². The van der Waals surface area contributed by atoms with Crippen molar-refractivity contribution in [2.45, 2.75) is 97.3 Å². The Kier molecular flexibility index (Phi) is 7.41. The summed E-state index contributed by atoms with van der Waals surface area (Å²) in [6, 6.07) is 8.32. The molecule has 3 saturated carbocycles. The van der Waals surface area contributed by atoms with Gasteiger partial charge >= 0.3 is 0 Å². The highest BCUT2D eigenvalue weighted by atomic mass is 16.7. The van der Waals surface area contributed by atoms with E-state index < -0.39 is 0 Å². The van der Waals surface area contributed by atoms with E-state index in [1.807, 2.05) is 0 Å². The Labute approximate surface area is 184 Å². The van der Waals surface area contributed by atoms with Crippen molar-refractivity contribution >= 4 is 0 Å². The van der Waals surface area contributed by atoms with Gasteiger partial charge in [0, 0.05) is 12.0 Å². The van der Waals surface area contributed by atoms with Gasteiger partial charge in [-0.25, -0.2) is 0 Å². The maximum absolute atomic E-state index is 6.67. The molecule has 0 spiro atoms. The van der Waals surface area contributed by atoms with Crippen LogP contribution in [0.4, 0.5) is 0 Å². The van der Waals surface area contributed by atoms with E-state index in [9.17, 15) is 0 Å². The maximum atomic E-state index is 6.67. The Morgan fingerprint density at radius 1 is 0.967 bits per heavy atom. The highest BCUT2D eigenvalue weighted by Gasteiger charge is 2.50. The molecule has 3 aliphatic carbocycles. The fourth-order valence-electron chi connectivity index (χ4n) is 7.05. The number of benzene rings is 1. The molecule has 3 heteroatoms. The summed E-state index contributed by atoms with van der Waals surface area (Å²) in [6.07, 6.45) is 14.6. The Morgan fingerprint density at radius 2 is 1.63 bits per heavy atom. The fourth-order valence-corrected chi connectivity index (χ4v) is 7.05. The highest BCUT2D eigenvalue weighted by molar-refractivity contribution is 5.27. The molecule has 0 heterocycles. The number of hydrogen-bond acceptors (Lipinski definition) is 3. The predicted octanol–water partition coefficient (Wildman–Crippen LogP) is 6.69. The molecule has 1 aromatic rings. The average Bonchev–Trinajstić information content (AvgIpc) is 2.73. The first-order valence-corrected chi connectivity index (χ1v) is 12.6. The van der Waals surface area contributed by atoms with Crippen LogP contribution in [-0.4, -0.2) is 12.9 Å². The van der Waals surface area contributed by atoms with Crippen LogP contribution in [-0.2, 0) is 11.3 Å². The molecule has 0 saturated heterocycles. The summed E-state index contributed by atoms with van der Waals surface area (Å²) >= 11 is 0. The monoisotopic (exact) mass is 413 g/mol. The van der Waals surface area contributed by atoms with Gasteiger partial charge in [0.25, 0.3) is 0 Å². The van der Waals surface area contributed by atoms with Crippen molar-refractivity contribution in [3.05, 3.63) is 29.8 Å². The number of nitrogens with two attached hydrogens (primary N) is 1. The zero-order chi connectivity index (χ0) is 21.0. The summed E-state index contributed by atoms with van der Waals surface area (Å²) < 4.78 is 13.3. The van der Waals surface area contributed by atoms with E-state index in [2.05, 4.69) is 38.1 Å². The van der Waals surface area contributed by atoms with Crippen LogP contribution in [0.25, 0.3) is 0 Å². The van der Waals surface area contributed by atoms with Crippen molar-refractivity contribution in [2.24, 2.45) is 34.8 Å². The summed E-state index contributed by atoms with van der Waals surface area (Å²) in [6.45, 7) is 6.28. The molecule has 1 aromatic carbocycles. The lowest BCUT2D eigenvalue weighted by Crippen LogP contribution is -2.50. The van der Waals surface area contributed by atoms with Gasteiger partial charge in [-0.2, -0.15) is 0 Å². The molecule has 2 N–H and O–H groups in total. The standard InChI is InChI=1S/C27H43NO2/c1-20-14-24-15-21(2)17-27(16-20,18-24)26(29-13-12-22-6-4-3-5-7-22)30-25-10-8-23(19-28)9-11-25/h8-11,20-22,24,26H,3-7,12-19,28H2,1-2H3. The van der Waals surface area contributed by atoms with Gasteiger partial charge in [-0.05, 0) is 79.9 Å². The number of hydrogen-bond donors (Lipinski definition) is 1. The lowest BCUT2D eigenvalue weighted by atomic mass is 9.56. The van der Waals surface area contributed by atoms with Crippen molar-refractivity contribution in [3.63, 3.8) is 0 Å². The van der Waals surface area contributed by atoms with Gasteiger partial charge in [-0.15, -0.1) is 0 Å². The van der Waals surface area contributed by atoms with Crippen molar-refractivity contribution in [1.29, 1.82) is 0 Å². The molecule has 30 heavy (non-hydrogen) atoms. The van der Waals surface area contributed by atoms with Crippen molar-refractivity contribution in [2.75, 3.05) is 6.61 Å². The Hall–Kier alpha value is -1.06. The van der Waals surface area contributed by atoms with E-state index in [1.54, 1.807) is 0 Å². The van der Waals surface area contributed by atoms with Crippen LogP contribution in [0.5, 0.6) is 5.75 Å². The smallest absolute Gasteiger partial charge is 0.205 e. The molecule has 168 valence electrons. The molecule has 3 atom stereocenters. The first-order chi connectivity index (χ1) is 14.6. The lowest BCUT2D eigenvalue weighted by Gasteiger charge is -2.52. The van der Waals surface area contributed by atoms with Gasteiger partial charge < -0.3 is 15.2 Å². The Balaban J connectivity index is 1.49. The summed E-state index contributed by atoms with van der Waals surface area (Å²) in [5.41, 5.74) is 7.10. The Morgan fingerprint density at radius 3 is 2.27 bits per heavy atom. The number of fused-ring (bicyclic) bond motifs is 2. The quantitative estimate of drug-likeness (QED) is 0.483. The van der Waals surface area contributed by atoms with Crippen LogP contribution in [0, 0.1) is 29.1 Å². The second-order valence-corrected chi connectivity index (χ2v) is 11.0. The van der Waals surface area contributed by atoms with Crippen LogP contribution in [0.15, 0.2) is 24.3 Å². The van der Waals surface area contributed by atoms with Gasteiger partial charge in [-0.1, -0.05) is 58.1 Å². The van der Waals surface area contributed by atoms with Crippen LogP contribution < -0.4 is 10.5 Å². The molecule has 2 bridgehead atoms. The van der Waals surface area contributed by atoms with Gasteiger partial charge in [0.15, 0.2) is 0 Å². The maximum Gasteiger partial charge on any atom is 0.205 e. The average molecular weight is 414 g/mol. The third-order valence-electron chi connectivity index (χ3n) is 8.10. The third-order valence-corrected chi connectivity index (χ3v) is 8.10. The molecule has 0 radical (unpaired) electrons. The zero-order valence-corrected chi connectivity index (χ0v) is 19.3. The van der Waals surface area contributed by atoms with Crippen LogP contribution in [0.2, 0.25) is 0 Å². The van der Waals surface area contributed by atoms with E-state index in [0.717, 1.165) is 41.6 Å². The largest absolute Gasteiger partial charge is 0.464 e. The van der Waals surface area contributed by atoms with Crippen molar-refractivity contribution < 1.29 is 9.47 Å². The minimum Gasteiger partial charge on any atom is -0.464 e. The van der Waals surface area contributed by atoms with Crippen molar-refractivity contribution in [3.8, 4) is 5.75 Å². The normalized spacial score (nSPS) is 33.2. The van der Waals surface area contributed by atoms with Gasteiger partial charge in [0.1, 0.15) is 5.75 Å². The molecule has 3 unspecified atom stereocenters. The number of rotatable bonds is 8. The minimum atomic E-state index is -0.127. The summed E-state index contributed by atoms with van der Waals surface area (Å²) in [7, 11) is 0. The van der Waals surface area contributed by atoms with E-state index in [4.69, 9.17) is 15.2 Å². The minimum absolute atomic E-state index is 0.127. The lowest BCUT2D eigenvalue weighted by molar-refractivity contribution is -0.199. The molecule has 3 nitrogen and oxygen atoms in total. The predicted molar refractivity (Wildman–Crippen MR) is 123 cm³/mol. The van der Waals surface area contributed by atoms with E-state index in [0.29, 0.717) is 6.54 Å². The first kappa shape index (κ1) is 22.1. The van der Waals surface area contributed by atoms with Gasteiger partial charge in [0.2, 0.25) is 6.29 Å². The summed E-state index contributed by atoms with van der Waals surface area (Å²) in [4.78, 5) is 0. The molecule has 0 aliphatic heterocycles. The molecule has 4 rings (SSSR count).